The van der Waals surface area contributed by atoms with Crippen molar-refractivity contribution >= 4 is 27.9 Å². The molecule has 0 unspecified atom stereocenters. The van der Waals surface area contributed by atoms with Gasteiger partial charge in [-0.05, 0) is 23.6 Å². The fourth-order valence-electron chi connectivity index (χ4n) is 2.11. The number of aromatic nitrogens is 4. The fraction of sp³-hybridized carbons (Fsp3) is 0. The molecule has 0 aliphatic carbocycles. The lowest BCUT2D eigenvalue weighted by molar-refractivity contribution is 1.11. The molecule has 0 saturated heterocycles. The third-order valence-electron chi connectivity index (χ3n) is 2.90. The van der Waals surface area contributed by atoms with E-state index in [1.165, 1.54) is 5.39 Å². The van der Waals surface area contributed by atoms with Crippen LogP contribution in [-0.4, -0.2) is 19.6 Å². The van der Waals surface area contributed by atoms with Crippen LogP contribution < -0.4 is 0 Å². The Labute approximate surface area is 107 Å². The summed E-state index contributed by atoms with van der Waals surface area (Å²) < 4.78 is 2.05. The maximum absolute atomic E-state index is 4.31. The van der Waals surface area contributed by atoms with E-state index in [0.29, 0.717) is 0 Å². The highest BCUT2D eigenvalue weighted by molar-refractivity contribution is 7.13. The number of thiazole rings is 1. The molecule has 1 aromatic carbocycles. The zero-order chi connectivity index (χ0) is 11.9. The molecule has 0 saturated carbocycles. The van der Waals surface area contributed by atoms with Crippen LogP contribution in [0.15, 0.2) is 48.0 Å². The first kappa shape index (κ1) is 9.73. The molecule has 18 heavy (non-hydrogen) atoms. The molecule has 5 heteroatoms. The van der Waals surface area contributed by atoms with Gasteiger partial charge < -0.3 is 0 Å². The molecule has 4 aromatic rings. The fourth-order valence-corrected chi connectivity index (χ4v) is 2.72. The number of fused-ring (bicyclic) bond motifs is 3. The molecule has 4 rings (SSSR count). The van der Waals surface area contributed by atoms with Crippen LogP contribution >= 0.6 is 11.3 Å². The number of nitrogens with zero attached hydrogens (tertiary/aromatic N) is 4. The summed E-state index contributed by atoms with van der Waals surface area (Å²) in [6.07, 6.45) is 1.78. The molecule has 3 aromatic heterocycles. The van der Waals surface area contributed by atoms with Gasteiger partial charge in [-0.3, -0.25) is 4.40 Å². The van der Waals surface area contributed by atoms with E-state index in [0.717, 1.165) is 22.0 Å². The summed E-state index contributed by atoms with van der Waals surface area (Å²) in [4.78, 5) is 4.31. The molecule has 4 nitrogen and oxygen atoms in total. The molecule has 0 amide bonds. The highest BCUT2D eigenvalue weighted by Gasteiger charge is 2.12. The van der Waals surface area contributed by atoms with Gasteiger partial charge in [0.15, 0.2) is 16.5 Å². The van der Waals surface area contributed by atoms with E-state index in [4.69, 9.17) is 0 Å². The van der Waals surface area contributed by atoms with Crippen molar-refractivity contribution in [1.82, 2.24) is 19.6 Å². The van der Waals surface area contributed by atoms with Crippen LogP contribution in [0.25, 0.3) is 27.4 Å². The van der Waals surface area contributed by atoms with E-state index >= 15 is 0 Å². The van der Waals surface area contributed by atoms with Gasteiger partial charge in [0.05, 0.1) is 5.52 Å². The molecule has 0 fully saturated rings. The van der Waals surface area contributed by atoms with Crippen LogP contribution in [-0.2, 0) is 0 Å². The molecular formula is C13H8N4S. The van der Waals surface area contributed by atoms with Gasteiger partial charge >= 0.3 is 0 Å². The van der Waals surface area contributed by atoms with Gasteiger partial charge in [0.1, 0.15) is 0 Å². The Kier molecular flexibility index (Phi) is 1.95. The standard InChI is InChI=1S/C13H8N4S/c1-2-4-10-9(3-1)5-6-11-15-16-12(17(10)11)13-14-7-8-18-13/h1-8H. The molecule has 0 spiro atoms. The van der Waals surface area contributed by atoms with Crippen molar-refractivity contribution in [1.29, 1.82) is 0 Å². The van der Waals surface area contributed by atoms with Crippen molar-refractivity contribution in [2.24, 2.45) is 0 Å². The minimum absolute atomic E-state index is 0.803. The van der Waals surface area contributed by atoms with Crippen LogP contribution in [0, 0.1) is 0 Å². The van der Waals surface area contributed by atoms with Crippen LogP contribution in [0.3, 0.4) is 0 Å². The number of para-hydroxylation sites is 1. The third-order valence-corrected chi connectivity index (χ3v) is 3.67. The Bertz CT molecular complexity index is 833. The van der Waals surface area contributed by atoms with E-state index in [9.17, 15) is 0 Å². The monoisotopic (exact) mass is 252 g/mol. The van der Waals surface area contributed by atoms with Gasteiger partial charge in [-0.15, -0.1) is 21.5 Å². The van der Waals surface area contributed by atoms with E-state index < -0.39 is 0 Å². The highest BCUT2D eigenvalue weighted by Crippen LogP contribution is 2.24. The lowest BCUT2D eigenvalue weighted by Crippen LogP contribution is -1.91. The van der Waals surface area contributed by atoms with Crippen LogP contribution in [0.4, 0.5) is 0 Å². The largest absolute Gasteiger partial charge is 0.273 e. The number of benzene rings is 1. The first-order valence-corrected chi connectivity index (χ1v) is 6.44. The minimum Gasteiger partial charge on any atom is -0.273 e. The van der Waals surface area contributed by atoms with E-state index in [1.807, 2.05) is 28.0 Å². The summed E-state index contributed by atoms with van der Waals surface area (Å²) in [5.41, 5.74) is 1.95. The quantitative estimate of drug-likeness (QED) is 0.523. The summed E-state index contributed by atoms with van der Waals surface area (Å²) in [5.74, 6) is 0.803. The molecule has 0 radical (unpaired) electrons. The smallest absolute Gasteiger partial charge is 0.197 e. The second kappa shape index (κ2) is 3.61. The SMILES string of the molecule is c1ccc2c(c1)ccc1nnc(-c3nccs3)n12. The van der Waals surface area contributed by atoms with Gasteiger partial charge in [-0.1, -0.05) is 18.2 Å². The Hall–Kier alpha value is -2.27. The maximum Gasteiger partial charge on any atom is 0.197 e. The number of hydrogen-bond acceptors (Lipinski definition) is 4. The predicted molar refractivity (Wildman–Crippen MR) is 71.6 cm³/mol. The maximum atomic E-state index is 4.31. The van der Waals surface area contributed by atoms with E-state index in [2.05, 4.69) is 33.4 Å². The summed E-state index contributed by atoms with van der Waals surface area (Å²) >= 11 is 1.57. The highest BCUT2D eigenvalue weighted by atomic mass is 32.1. The van der Waals surface area contributed by atoms with E-state index in [1.54, 1.807) is 17.5 Å². The molecule has 3 heterocycles. The normalized spacial score (nSPS) is 11.3. The topological polar surface area (TPSA) is 43.1 Å². The zero-order valence-corrected chi connectivity index (χ0v) is 10.1. The van der Waals surface area contributed by atoms with Crippen molar-refractivity contribution in [3.63, 3.8) is 0 Å². The van der Waals surface area contributed by atoms with Crippen molar-refractivity contribution < 1.29 is 0 Å². The number of hydrogen-bond donors (Lipinski definition) is 0. The van der Waals surface area contributed by atoms with Gasteiger partial charge in [0.25, 0.3) is 0 Å². The number of pyridine rings is 1. The lowest BCUT2D eigenvalue weighted by Gasteiger charge is -2.02. The van der Waals surface area contributed by atoms with Crippen molar-refractivity contribution in [3.05, 3.63) is 48.0 Å². The van der Waals surface area contributed by atoms with Gasteiger partial charge in [0.2, 0.25) is 0 Å². The molecule has 0 aliphatic rings. The summed E-state index contributed by atoms with van der Waals surface area (Å²) in [7, 11) is 0. The average Bonchev–Trinajstić information content (AvgIpc) is 3.07. The van der Waals surface area contributed by atoms with Gasteiger partial charge in [0, 0.05) is 11.6 Å². The second-order valence-corrected chi connectivity index (χ2v) is 4.84. The molecule has 0 atom stereocenters. The van der Waals surface area contributed by atoms with Crippen LogP contribution in [0.5, 0.6) is 0 Å². The van der Waals surface area contributed by atoms with Crippen LogP contribution in [0.1, 0.15) is 0 Å². The van der Waals surface area contributed by atoms with Crippen molar-refractivity contribution in [2.75, 3.05) is 0 Å². The summed E-state index contributed by atoms with van der Waals surface area (Å²) in [6, 6.07) is 12.2. The molecule has 0 bridgehead atoms. The van der Waals surface area contributed by atoms with Crippen molar-refractivity contribution in [3.8, 4) is 10.8 Å². The second-order valence-electron chi connectivity index (χ2n) is 3.95. The first-order valence-electron chi connectivity index (χ1n) is 5.56. The Morgan fingerprint density at radius 1 is 1.00 bits per heavy atom. The molecule has 0 aliphatic heterocycles. The molecule has 86 valence electrons. The van der Waals surface area contributed by atoms with Crippen molar-refractivity contribution in [2.45, 2.75) is 0 Å². The summed E-state index contributed by atoms with van der Waals surface area (Å²) in [5, 5.41) is 12.5. The van der Waals surface area contributed by atoms with Gasteiger partial charge in [-0.25, -0.2) is 4.98 Å². The third kappa shape index (κ3) is 1.28. The Morgan fingerprint density at radius 2 is 1.94 bits per heavy atom. The van der Waals surface area contributed by atoms with E-state index in [-0.39, 0.29) is 0 Å². The molecule has 0 N–H and O–H groups in total. The first-order chi connectivity index (χ1) is 8.93. The Balaban J connectivity index is 2.19. The Morgan fingerprint density at radius 3 is 2.83 bits per heavy atom. The zero-order valence-electron chi connectivity index (χ0n) is 9.32. The lowest BCUT2D eigenvalue weighted by atomic mass is 10.2. The summed E-state index contributed by atoms with van der Waals surface area (Å²) in [6.45, 7) is 0. The number of rotatable bonds is 1. The van der Waals surface area contributed by atoms with Crippen LogP contribution in [0.2, 0.25) is 0 Å². The van der Waals surface area contributed by atoms with Gasteiger partial charge in [-0.2, -0.15) is 0 Å². The minimum atomic E-state index is 0.803. The molecular weight excluding hydrogens is 244 g/mol. The average molecular weight is 252 g/mol. The predicted octanol–water partition coefficient (Wildman–Crippen LogP) is 3.01.